The molecule has 0 aliphatic rings. The maximum atomic E-state index is 12.6. The molecule has 0 atom stereocenters. The Kier molecular flexibility index (Phi) is 4.25. The van der Waals surface area contributed by atoms with E-state index in [1.807, 2.05) is 30.3 Å². The van der Waals surface area contributed by atoms with Crippen molar-refractivity contribution < 1.29 is 14.3 Å². The van der Waals surface area contributed by atoms with Gasteiger partial charge in [-0.2, -0.15) is 0 Å². The summed E-state index contributed by atoms with van der Waals surface area (Å²) in [4.78, 5) is 17.3. The Labute approximate surface area is 128 Å². The highest BCUT2D eigenvalue weighted by Gasteiger charge is 2.18. The third-order valence-electron chi connectivity index (χ3n) is 3.64. The topological polar surface area (TPSA) is 69.5 Å². The minimum atomic E-state index is -0.128. The van der Waals surface area contributed by atoms with Crippen molar-refractivity contribution in [3.05, 3.63) is 60.0 Å². The summed E-state index contributed by atoms with van der Waals surface area (Å²) in [6, 6.07) is 13.5. The summed E-state index contributed by atoms with van der Waals surface area (Å²) >= 11 is 0. The van der Waals surface area contributed by atoms with Gasteiger partial charge in [-0.15, -0.1) is 0 Å². The molecule has 5 heteroatoms. The molecule has 0 saturated carbocycles. The van der Waals surface area contributed by atoms with Crippen LogP contribution in [0.2, 0.25) is 0 Å². The van der Waals surface area contributed by atoms with Crippen molar-refractivity contribution in [3.8, 4) is 0 Å². The third kappa shape index (κ3) is 3.04. The minimum Gasteiger partial charge on any atom is -0.463 e. The van der Waals surface area contributed by atoms with Crippen LogP contribution in [0.3, 0.4) is 0 Å². The Morgan fingerprint density at radius 1 is 1.18 bits per heavy atom. The largest absolute Gasteiger partial charge is 0.463 e. The molecule has 2 aromatic heterocycles. The van der Waals surface area contributed by atoms with Crippen molar-refractivity contribution in [1.82, 2.24) is 9.88 Å². The Morgan fingerprint density at radius 3 is 2.73 bits per heavy atom. The van der Waals surface area contributed by atoms with Gasteiger partial charge in [-0.25, -0.2) is 0 Å². The molecule has 0 unspecified atom stereocenters. The number of rotatable bonds is 6. The predicted molar refractivity (Wildman–Crippen MR) is 83.7 cm³/mol. The van der Waals surface area contributed by atoms with Gasteiger partial charge in [-0.1, -0.05) is 30.3 Å². The monoisotopic (exact) mass is 298 g/mol. The van der Waals surface area contributed by atoms with Gasteiger partial charge < -0.3 is 19.4 Å². The molecule has 22 heavy (non-hydrogen) atoms. The highest BCUT2D eigenvalue weighted by atomic mass is 16.3. The summed E-state index contributed by atoms with van der Waals surface area (Å²) in [5, 5.41) is 9.21. The molecule has 0 fully saturated rings. The molecule has 0 saturated heterocycles. The number of fused-ring (bicyclic) bond motifs is 1. The predicted octanol–water partition coefficient (Wildman–Crippen LogP) is 2.44. The standard InChI is InChI=1S/C17H18N2O3/c20-10-9-19(8-6-13-4-2-1-3-5-13)17(21)15-12-16-14(18-15)7-11-22-16/h1-5,7,11-12,18,20H,6,8-10H2. The summed E-state index contributed by atoms with van der Waals surface area (Å²) in [7, 11) is 0. The Balaban J connectivity index is 1.72. The van der Waals surface area contributed by atoms with E-state index >= 15 is 0 Å². The van der Waals surface area contributed by atoms with Crippen LogP contribution >= 0.6 is 0 Å². The van der Waals surface area contributed by atoms with Crippen molar-refractivity contribution in [1.29, 1.82) is 0 Å². The van der Waals surface area contributed by atoms with Crippen LogP contribution in [-0.4, -0.2) is 40.6 Å². The van der Waals surface area contributed by atoms with E-state index in [4.69, 9.17) is 4.42 Å². The highest BCUT2D eigenvalue weighted by Crippen LogP contribution is 2.17. The number of aliphatic hydroxyl groups excluding tert-OH is 1. The molecular formula is C17H18N2O3. The normalized spacial score (nSPS) is 11.0. The van der Waals surface area contributed by atoms with E-state index in [0.29, 0.717) is 24.4 Å². The molecule has 3 rings (SSSR count). The first-order valence-electron chi connectivity index (χ1n) is 7.28. The first kappa shape index (κ1) is 14.4. The molecule has 1 amide bonds. The zero-order chi connectivity index (χ0) is 15.4. The second-order valence-electron chi connectivity index (χ2n) is 5.13. The molecule has 5 nitrogen and oxygen atoms in total. The number of aromatic amines is 1. The average molecular weight is 298 g/mol. The number of hydrogen-bond donors (Lipinski definition) is 2. The van der Waals surface area contributed by atoms with Crippen LogP contribution in [0.4, 0.5) is 0 Å². The molecule has 0 radical (unpaired) electrons. The molecule has 2 heterocycles. The zero-order valence-corrected chi connectivity index (χ0v) is 12.2. The number of nitrogens with zero attached hydrogens (tertiary/aromatic N) is 1. The number of furan rings is 1. The van der Waals surface area contributed by atoms with E-state index in [1.54, 1.807) is 23.3 Å². The summed E-state index contributed by atoms with van der Waals surface area (Å²) < 4.78 is 5.27. The van der Waals surface area contributed by atoms with Crippen LogP contribution in [0, 0.1) is 0 Å². The van der Waals surface area contributed by atoms with Gasteiger partial charge >= 0.3 is 0 Å². The van der Waals surface area contributed by atoms with E-state index in [9.17, 15) is 9.90 Å². The minimum absolute atomic E-state index is 0.0582. The fourth-order valence-electron chi connectivity index (χ4n) is 2.48. The van der Waals surface area contributed by atoms with E-state index in [-0.39, 0.29) is 12.5 Å². The smallest absolute Gasteiger partial charge is 0.270 e. The number of hydrogen-bond acceptors (Lipinski definition) is 3. The van der Waals surface area contributed by atoms with Gasteiger partial charge in [0.2, 0.25) is 0 Å². The van der Waals surface area contributed by atoms with Gasteiger partial charge in [0.25, 0.3) is 5.91 Å². The molecule has 0 aliphatic heterocycles. The van der Waals surface area contributed by atoms with Crippen LogP contribution in [0.15, 0.2) is 53.1 Å². The maximum absolute atomic E-state index is 12.6. The van der Waals surface area contributed by atoms with Gasteiger partial charge in [0.1, 0.15) is 5.69 Å². The number of H-pyrrole nitrogens is 1. The first-order chi connectivity index (χ1) is 10.8. The molecular weight excluding hydrogens is 280 g/mol. The van der Waals surface area contributed by atoms with Gasteiger partial charge in [-0.3, -0.25) is 4.79 Å². The Hall–Kier alpha value is -2.53. The summed E-state index contributed by atoms with van der Waals surface area (Å²) in [6.07, 6.45) is 2.33. The van der Waals surface area contributed by atoms with E-state index in [2.05, 4.69) is 4.98 Å². The van der Waals surface area contributed by atoms with Crippen LogP contribution < -0.4 is 0 Å². The summed E-state index contributed by atoms with van der Waals surface area (Å²) in [5.41, 5.74) is 3.11. The Morgan fingerprint density at radius 2 is 2.00 bits per heavy atom. The molecule has 114 valence electrons. The maximum Gasteiger partial charge on any atom is 0.270 e. The van der Waals surface area contributed by atoms with Crippen molar-refractivity contribution in [2.75, 3.05) is 19.7 Å². The molecule has 0 aliphatic carbocycles. The van der Waals surface area contributed by atoms with Gasteiger partial charge in [0, 0.05) is 25.2 Å². The number of nitrogens with one attached hydrogen (secondary N) is 1. The fraction of sp³-hybridized carbons (Fsp3) is 0.235. The fourth-order valence-corrected chi connectivity index (χ4v) is 2.48. The number of benzene rings is 1. The number of aromatic nitrogens is 1. The molecule has 0 spiro atoms. The second kappa shape index (κ2) is 6.49. The highest BCUT2D eigenvalue weighted by molar-refractivity contribution is 5.96. The number of aliphatic hydroxyl groups is 1. The quantitative estimate of drug-likeness (QED) is 0.734. The molecule has 1 aromatic carbocycles. The van der Waals surface area contributed by atoms with Gasteiger partial charge in [0.15, 0.2) is 5.58 Å². The molecule has 0 bridgehead atoms. The lowest BCUT2D eigenvalue weighted by molar-refractivity contribution is 0.0719. The lowest BCUT2D eigenvalue weighted by Crippen LogP contribution is -2.35. The first-order valence-corrected chi connectivity index (χ1v) is 7.28. The lowest BCUT2D eigenvalue weighted by atomic mass is 10.1. The second-order valence-corrected chi connectivity index (χ2v) is 5.13. The van der Waals surface area contributed by atoms with Crippen molar-refractivity contribution >= 4 is 17.0 Å². The molecule has 3 aromatic rings. The van der Waals surface area contributed by atoms with E-state index in [1.165, 1.54) is 5.56 Å². The molecule has 2 N–H and O–H groups in total. The third-order valence-corrected chi connectivity index (χ3v) is 3.64. The van der Waals surface area contributed by atoms with E-state index in [0.717, 1.165) is 11.9 Å². The lowest BCUT2D eigenvalue weighted by Gasteiger charge is -2.21. The summed E-state index contributed by atoms with van der Waals surface area (Å²) in [5.74, 6) is -0.128. The van der Waals surface area contributed by atoms with E-state index < -0.39 is 0 Å². The zero-order valence-electron chi connectivity index (χ0n) is 12.2. The van der Waals surface area contributed by atoms with Crippen molar-refractivity contribution in [3.63, 3.8) is 0 Å². The SMILES string of the molecule is O=C(c1cc2occc2[nH]1)N(CCO)CCc1ccccc1. The number of amides is 1. The summed E-state index contributed by atoms with van der Waals surface area (Å²) in [6.45, 7) is 0.813. The Bertz CT molecular complexity index is 717. The van der Waals surface area contributed by atoms with Crippen molar-refractivity contribution in [2.45, 2.75) is 6.42 Å². The van der Waals surface area contributed by atoms with Crippen LogP contribution in [0.1, 0.15) is 16.1 Å². The number of carbonyl (C=O) groups excluding carboxylic acids is 1. The van der Waals surface area contributed by atoms with Gasteiger partial charge in [0.05, 0.1) is 18.4 Å². The van der Waals surface area contributed by atoms with Crippen LogP contribution in [0.5, 0.6) is 0 Å². The van der Waals surface area contributed by atoms with Crippen molar-refractivity contribution in [2.24, 2.45) is 0 Å². The van der Waals surface area contributed by atoms with Crippen LogP contribution in [0.25, 0.3) is 11.1 Å². The van der Waals surface area contributed by atoms with Crippen LogP contribution in [-0.2, 0) is 6.42 Å². The number of carbonyl (C=O) groups is 1. The average Bonchev–Trinajstić information content (AvgIpc) is 3.13. The van der Waals surface area contributed by atoms with Gasteiger partial charge in [-0.05, 0) is 12.0 Å².